The molecule has 0 N–H and O–H groups in total. The quantitative estimate of drug-likeness (QED) is 0.197. The van der Waals surface area contributed by atoms with Crippen LogP contribution in [0.4, 0.5) is 0 Å². The number of carbonyl (C=O) groups is 3. The zero-order valence-electron chi connectivity index (χ0n) is 21.6. The Morgan fingerprint density at radius 1 is 0.974 bits per heavy atom. The van der Waals surface area contributed by atoms with Crippen LogP contribution in [0.1, 0.15) is 46.5 Å². The Morgan fingerprint density at radius 2 is 1.66 bits per heavy atom. The van der Waals surface area contributed by atoms with E-state index in [1.54, 1.807) is 0 Å². The SMILES string of the molecule is CCOC(C#CC#Cc1ncnc2c1ncn2[C@@H]1O[C@H](COC(C)=O)[C@@H](OC(C)=O)[C@H]1OC(C)=O)OCC. The van der Waals surface area contributed by atoms with Crippen molar-refractivity contribution in [2.45, 2.75) is 65.4 Å². The molecule has 4 atom stereocenters. The third-order valence-corrected chi connectivity index (χ3v) is 5.04. The lowest BCUT2D eigenvalue weighted by Gasteiger charge is -2.23. The summed E-state index contributed by atoms with van der Waals surface area (Å²) in [6.07, 6.45) is -2.06. The van der Waals surface area contributed by atoms with E-state index in [4.69, 9.17) is 28.4 Å². The molecule has 13 nitrogen and oxygen atoms in total. The van der Waals surface area contributed by atoms with Gasteiger partial charge in [0.2, 0.25) is 6.29 Å². The molecule has 202 valence electrons. The van der Waals surface area contributed by atoms with E-state index >= 15 is 0 Å². The molecule has 0 aromatic carbocycles. The lowest BCUT2D eigenvalue weighted by atomic mass is 10.1. The summed E-state index contributed by atoms with van der Waals surface area (Å²) >= 11 is 0. The summed E-state index contributed by atoms with van der Waals surface area (Å²) in [7, 11) is 0. The molecule has 0 amide bonds. The summed E-state index contributed by atoms with van der Waals surface area (Å²) in [4.78, 5) is 47.9. The predicted octanol–water partition coefficient (Wildman–Crippen LogP) is 0.904. The summed E-state index contributed by atoms with van der Waals surface area (Å²) in [5.74, 6) is 9.19. The van der Waals surface area contributed by atoms with Crippen LogP contribution < -0.4 is 0 Å². The first kappa shape index (κ1) is 28.5. The molecule has 0 bridgehead atoms. The van der Waals surface area contributed by atoms with Crippen molar-refractivity contribution < 1.29 is 42.8 Å². The standard InChI is InChI=1S/C25H28N4O9/c1-6-33-20(34-7-2)11-9-8-10-18-21-24(27-13-26-18)29(14-28-21)25-23(37-17(5)32)22(36-16(4)31)19(38-25)12-35-15(3)30/h13-14,19-20,22-23,25H,6-7,12H2,1-5H3/t19-,22-,23-,25-/m1/s1. The normalized spacial score (nSPS) is 20.3. The number of imidazole rings is 1. The molecule has 0 unspecified atom stereocenters. The zero-order chi connectivity index (χ0) is 27.7. The highest BCUT2D eigenvalue weighted by Gasteiger charge is 2.51. The summed E-state index contributed by atoms with van der Waals surface area (Å²) in [6, 6.07) is 0. The minimum Gasteiger partial charge on any atom is -0.463 e. The van der Waals surface area contributed by atoms with Crippen LogP contribution in [0.15, 0.2) is 12.7 Å². The van der Waals surface area contributed by atoms with Gasteiger partial charge in [0.25, 0.3) is 0 Å². The lowest BCUT2D eigenvalue weighted by molar-refractivity contribution is -0.166. The van der Waals surface area contributed by atoms with Crippen LogP contribution in [0.3, 0.4) is 0 Å². The smallest absolute Gasteiger partial charge is 0.303 e. The Balaban J connectivity index is 1.95. The fraction of sp³-hybridized carbons (Fsp3) is 0.520. The Hall–Kier alpha value is -4.04. The monoisotopic (exact) mass is 528 g/mol. The highest BCUT2D eigenvalue weighted by atomic mass is 16.7. The van der Waals surface area contributed by atoms with E-state index in [1.165, 1.54) is 38.0 Å². The lowest BCUT2D eigenvalue weighted by Crippen LogP contribution is -2.40. The summed E-state index contributed by atoms with van der Waals surface area (Å²) in [6.45, 7) is 7.97. The third-order valence-electron chi connectivity index (χ3n) is 5.04. The van der Waals surface area contributed by atoms with E-state index in [9.17, 15) is 14.4 Å². The third kappa shape index (κ3) is 7.26. The van der Waals surface area contributed by atoms with E-state index in [1.807, 2.05) is 13.8 Å². The van der Waals surface area contributed by atoms with Crippen LogP contribution in [0.2, 0.25) is 0 Å². The van der Waals surface area contributed by atoms with Crippen molar-refractivity contribution in [1.82, 2.24) is 19.5 Å². The molecule has 0 aliphatic carbocycles. The van der Waals surface area contributed by atoms with Gasteiger partial charge in [-0.25, -0.2) is 15.0 Å². The Labute approximate surface area is 219 Å². The Kier molecular flexibility index (Phi) is 10.1. The fourth-order valence-corrected chi connectivity index (χ4v) is 3.67. The molecule has 3 heterocycles. The minimum atomic E-state index is -1.08. The predicted molar refractivity (Wildman–Crippen MR) is 129 cm³/mol. The minimum absolute atomic E-state index is 0.233. The van der Waals surface area contributed by atoms with Gasteiger partial charge in [-0.1, -0.05) is 0 Å². The number of fused-ring (bicyclic) bond motifs is 1. The van der Waals surface area contributed by atoms with E-state index in [2.05, 4.69) is 38.6 Å². The maximum Gasteiger partial charge on any atom is 0.303 e. The van der Waals surface area contributed by atoms with Crippen LogP contribution >= 0.6 is 0 Å². The van der Waals surface area contributed by atoms with E-state index in [0.29, 0.717) is 30.1 Å². The van der Waals surface area contributed by atoms with Gasteiger partial charge in [-0.15, -0.1) is 0 Å². The van der Waals surface area contributed by atoms with Crippen molar-refractivity contribution in [3.05, 3.63) is 18.3 Å². The van der Waals surface area contributed by atoms with E-state index in [0.717, 1.165) is 0 Å². The molecule has 1 saturated heterocycles. The molecule has 3 rings (SSSR count). The van der Waals surface area contributed by atoms with Crippen molar-refractivity contribution in [2.24, 2.45) is 0 Å². The number of ether oxygens (including phenoxy) is 6. The van der Waals surface area contributed by atoms with Gasteiger partial charge >= 0.3 is 17.9 Å². The molecule has 38 heavy (non-hydrogen) atoms. The van der Waals surface area contributed by atoms with Crippen LogP contribution in [-0.4, -0.2) is 81.8 Å². The summed E-state index contributed by atoms with van der Waals surface area (Å²) < 4.78 is 34.2. The van der Waals surface area contributed by atoms with Crippen LogP contribution in [0.25, 0.3) is 11.2 Å². The zero-order valence-corrected chi connectivity index (χ0v) is 21.6. The van der Waals surface area contributed by atoms with Crippen molar-refractivity contribution in [2.75, 3.05) is 19.8 Å². The molecule has 2 aromatic rings. The van der Waals surface area contributed by atoms with Gasteiger partial charge in [-0.3, -0.25) is 19.0 Å². The van der Waals surface area contributed by atoms with Crippen molar-refractivity contribution >= 4 is 29.1 Å². The second kappa shape index (κ2) is 13.5. The molecule has 13 heteroatoms. The van der Waals surface area contributed by atoms with Gasteiger partial charge in [-0.05, 0) is 37.5 Å². The highest BCUT2D eigenvalue weighted by Crippen LogP contribution is 2.36. The van der Waals surface area contributed by atoms with Crippen molar-refractivity contribution in [1.29, 1.82) is 0 Å². The number of hydrogen-bond donors (Lipinski definition) is 0. The van der Waals surface area contributed by atoms with Crippen LogP contribution in [0.5, 0.6) is 0 Å². The molecular weight excluding hydrogens is 500 g/mol. The first-order valence-electron chi connectivity index (χ1n) is 11.8. The maximum atomic E-state index is 11.9. The molecule has 2 aromatic heterocycles. The number of nitrogens with zero attached hydrogens (tertiary/aromatic N) is 4. The maximum absolute atomic E-state index is 11.9. The largest absolute Gasteiger partial charge is 0.463 e. The number of hydrogen-bond acceptors (Lipinski definition) is 12. The van der Waals surface area contributed by atoms with Gasteiger partial charge in [0.1, 0.15) is 30.2 Å². The topological polar surface area (TPSA) is 150 Å². The molecule has 1 aliphatic heterocycles. The number of esters is 3. The molecule has 0 spiro atoms. The van der Waals surface area contributed by atoms with Crippen molar-refractivity contribution in [3.8, 4) is 23.7 Å². The number of carbonyl (C=O) groups excluding carboxylic acids is 3. The van der Waals surface area contributed by atoms with Crippen LogP contribution in [0, 0.1) is 23.7 Å². The molecule has 1 fully saturated rings. The highest BCUT2D eigenvalue weighted by molar-refractivity contribution is 5.76. The molecule has 0 radical (unpaired) electrons. The molecule has 1 aliphatic rings. The second-order valence-corrected chi connectivity index (χ2v) is 7.82. The van der Waals surface area contributed by atoms with Gasteiger partial charge < -0.3 is 28.4 Å². The Bertz CT molecular complexity index is 1280. The first-order chi connectivity index (χ1) is 18.2. The second-order valence-electron chi connectivity index (χ2n) is 7.82. The Morgan fingerprint density at radius 3 is 2.29 bits per heavy atom. The summed E-state index contributed by atoms with van der Waals surface area (Å²) in [5, 5.41) is 0. The van der Waals surface area contributed by atoms with Gasteiger partial charge in [0.05, 0.1) is 6.33 Å². The van der Waals surface area contributed by atoms with Crippen molar-refractivity contribution in [3.63, 3.8) is 0 Å². The van der Waals surface area contributed by atoms with E-state index in [-0.39, 0.29) is 6.61 Å². The number of aromatic nitrogens is 4. The first-order valence-corrected chi connectivity index (χ1v) is 11.8. The fourth-order valence-electron chi connectivity index (χ4n) is 3.67. The number of rotatable bonds is 9. The van der Waals surface area contributed by atoms with Gasteiger partial charge in [0, 0.05) is 34.0 Å². The summed E-state index contributed by atoms with van der Waals surface area (Å²) in [5.41, 5.74) is 0.948. The van der Waals surface area contributed by atoms with Gasteiger partial charge in [0.15, 0.2) is 24.1 Å². The molecular formula is C25H28N4O9. The van der Waals surface area contributed by atoms with Gasteiger partial charge in [-0.2, -0.15) is 0 Å². The molecule has 0 saturated carbocycles. The van der Waals surface area contributed by atoms with Crippen LogP contribution in [-0.2, 0) is 42.8 Å². The average Bonchev–Trinajstić information content (AvgIpc) is 3.42. The van der Waals surface area contributed by atoms with E-state index < -0.39 is 48.7 Å². The average molecular weight is 529 g/mol.